The first-order valence-electron chi connectivity index (χ1n) is 6.93. The molecule has 2 rings (SSSR count). The van der Waals surface area contributed by atoms with E-state index in [0.717, 1.165) is 25.0 Å². The van der Waals surface area contributed by atoms with Crippen molar-refractivity contribution in [1.82, 2.24) is 14.0 Å². The molecule has 2 heterocycles. The Morgan fingerprint density at radius 2 is 2.40 bits per heavy atom. The van der Waals surface area contributed by atoms with Gasteiger partial charge in [0.25, 0.3) is 10.2 Å². The maximum atomic E-state index is 12.2. The molecular weight excluding hydrogens is 280 g/mol. The molecule has 1 unspecified atom stereocenters. The first-order valence-corrected chi connectivity index (χ1v) is 8.37. The summed E-state index contributed by atoms with van der Waals surface area (Å²) in [5.74, 6) is 1.38. The Bertz CT molecular complexity index is 529. The van der Waals surface area contributed by atoms with Gasteiger partial charge in [-0.05, 0) is 25.3 Å². The summed E-state index contributed by atoms with van der Waals surface area (Å²) in [6.45, 7) is 3.57. The molecule has 20 heavy (non-hydrogen) atoms. The first kappa shape index (κ1) is 15.4. The van der Waals surface area contributed by atoms with Crippen molar-refractivity contribution in [2.75, 3.05) is 19.6 Å². The van der Waals surface area contributed by atoms with Gasteiger partial charge in [0.05, 0.1) is 12.7 Å². The fraction of sp³-hybridized carbons (Fsp3) is 0.750. The average molecular weight is 302 g/mol. The van der Waals surface area contributed by atoms with Crippen molar-refractivity contribution in [2.45, 2.75) is 32.7 Å². The molecule has 0 aliphatic carbocycles. The maximum absolute atomic E-state index is 12.2. The third-order valence-electron chi connectivity index (χ3n) is 3.51. The van der Waals surface area contributed by atoms with Crippen LogP contribution in [0, 0.1) is 5.92 Å². The Labute approximate surface area is 119 Å². The standard InChI is InChI=1S/C12H22N4O3S/c1-2-11-7-14-12(19-11)8-15-20(17,18)16-5-3-4-10(6-13)9-16/h7,10,15H,2-6,8-9,13H2,1H3. The summed E-state index contributed by atoms with van der Waals surface area (Å²) in [6.07, 6.45) is 4.20. The zero-order valence-electron chi connectivity index (χ0n) is 11.7. The molecule has 1 aliphatic rings. The summed E-state index contributed by atoms with van der Waals surface area (Å²) in [6, 6.07) is 0. The number of oxazole rings is 1. The van der Waals surface area contributed by atoms with Gasteiger partial charge in [-0.3, -0.25) is 0 Å². The van der Waals surface area contributed by atoms with Crippen molar-refractivity contribution in [3.05, 3.63) is 17.8 Å². The van der Waals surface area contributed by atoms with Gasteiger partial charge in [0, 0.05) is 19.5 Å². The molecule has 1 aliphatic heterocycles. The summed E-state index contributed by atoms with van der Waals surface area (Å²) >= 11 is 0. The predicted octanol–water partition coefficient (Wildman–Crippen LogP) is 0.242. The third kappa shape index (κ3) is 3.78. The highest BCUT2D eigenvalue weighted by molar-refractivity contribution is 7.87. The minimum absolute atomic E-state index is 0.0755. The summed E-state index contributed by atoms with van der Waals surface area (Å²) in [5, 5.41) is 0. The summed E-state index contributed by atoms with van der Waals surface area (Å²) in [4.78, 5) is 4.03. The minimum Gasteiger partial charge on any atom is -0.444 e. The highest BCUT2D eigenvalue weighted by Crippen LogP contribution is 2.17. The van der Waals surface area contributed by atoms with E-state index in [0.29, 0.717) is 25.5 Å². The van der Waals surface area contributed by atoms with Gasteiger partial charge in [-0.1, -0.05) is 6.92 Å². The van der Waals surface area contributed by atoms with Crippen molar-refractivity contribution < 1.29 is 12.8 Å². The molecule has 0 spiro atoms. The topological polar surface area (TPSA) is 101 Å². The van der Waals surface area contributed by atoms with Gasteiger partial charge in [0.15, 0.2) is 0 Å². The van der Waals surface area contributed by atoms with E-state index < -0.39 is 10.2 Å². The fourth-order valence-electron chi connectivity index (χ4n) is 2.27. The van der Waals surface area contributed by atoms with Crippen LogP contribution in [0.5, 0.6) is 0 Å². The smallest absolute Gasteiger partial charge is 0.279 e. The highest BCUT2D eigenvalue weighted by Gasteiger charge is 2.28. The number of hydrogen-bond donors (Lipinski definition) is 2. The van der Waals surface area contributed by atoms with Gasteiger partial charge >= 0.3 is 0 Å². The van der Waals surface area contributed by atoms with E-state index in [-0.39, 0.29) is 12.5 Å². The number of nitrogens with two attached hydrogens (primary N) is 1. The second-order valence-electron chi connectivity index (χ2n) is 5.00. The molecule has 0 bridgehead atoms. The van der Waals surface area contributed by atoms with Crippen LogP contribution < -0.4 is 10.5 Å². The van der Waals surface area contributed by atoms with Gasteiger partial charge in [-0.25, -0.2) is 4.98 Å². The second-order valence-corrected chi connectivity index (χ2v) is 6.76. The second kappa shape index (κ2) is 6.66. The van der Waals surface area contributed by atoms with Crippen molar-refractivity contribution in [3.63, 3.8) is 0 Å². The molecule has 7 nitrogen and oxygen atoms in total. The number of nitrogens with one attached hydrogen (secondary N) is 1. The fourth-order valence-corrected chi connectivity index (χ4v) is 3.54. The van der Waals surface area contributed by atoms with Crippen LogP contribution in [0.25, 0.3) is 0 Å². The number of rotatable bonds is 6. The van der Waals surface area contributed by atoms with E-state index in [1.807, 2.05) is 6.92 Å². The Morgan fingerprint density at radius 3 is 3.05 bits per heavy atom. The van der Waals surface area contributed by atoms with E-state index in [4.69, 9.17) is 10.2 Å². The van der Waals surface area contributed by atoms with Crippen LogP contribution in [0.15, 0.2) is 10.6 Å². The maximum Gasteiger partial charge on any atom is 0.279 e. The lowest BCUT2D eigenvalue weighted by molar-refractivity contribution is 0.268. The summed E-state index contributed by atoms with van der Waals surface area (Å²) in [5.41, 5.74) is 5.62. The van der Waals surface area contributed by atoms with Crippen LogP contribution in [-0.2, 0) is 23.2 Å². The first-order chi connectivity index (χ1) is 9.55. The SMILES string of the molecule is CCc1cnc(CNS(=O)(=O)N2CCCC(CN)C2)o1. The van der Waals surface area contributed by atoms with E-state index in [9.17, 15) is 8.42 Å². The molecule has 1 atom stereocenters. The molecule has 0 saturated carbocycles. The van der Waals surface area contributed by atoms with Crippen LogP contribution in [-0.4, -0.2) is 37.3 Å². The lowest BCUT2D eigenvalue weighted by atomic mass is 10.0. The van der Waals surface area contributed by atoms with Gasteiger partial charge in [0.1, 0.15) is 5.76 Å². The number of aryl methyl sites for hydroxylation is 1. The Hall–Kier alpha value is -0.960. The number of hydrogen-bond acceptors (Lipinski definition) is 5. The molecule has 1 aromatic heterocycles. The van der Waals surface area contributed by atoms with E-state index in [2.05, 4.69) is 9.71 Å². The Morgan fingerprint density at radius 1 is 1.60 bits per heavy atom. The lowest BCUT2D eigenvalue weighted by Crippen LogP contribution is -2.47. The molecule has 1 fully saturated rings. The zero-order valence-corrected chi connectivity index (χ0v) is 12.5. The third-order valence-corrected chi connectivity index (χ3v) is 5.03. The molecule has 8 heteroatoms. The molecule has 1 saturated heterocycles. The minimum atomic E-state index is -3.49. The van der Waals surface area contributed by atoms with Crippen LogP contribution in [0.4, 0.5) is 0 Å². The van der Waals surface area contributed by atoms with Crippen LogP contribution in [0.2, 0.25) is 0 Å². The van der Waals surface area contributed by atoms with E-state index in [1.165, 1.54) is 4.31 Å². The monoisotopic (exact) mass is 302 g/mol. The van der Waals surface area contributed by atoms with Gasteiger partial charge < -0.3 is 10.2 Å². The molecule has 0 amide bonds. The van der Waals surface area contributed by atoms with Crippen LogP contribution in [0.3, 0.4) is 0 Å². The molecule has 0 aromatic carbocycles. The summed E-state index contributed by atoms with van der Waals surface area (Å²) < 4.78 is 33.8. The zero-order chi connectivity index (χ0) is 14.6. The highest BCUT2D eigenvalue weighted by atomic mass is 32.2. The van der Waals surface area contributed by atoms with Crippen LogP contribution in [0.1, 0.15) is 31.4 Å². The lowest BCUT2D eigenvalue weighted by Gasteiger charge is -2.31. The molecular formula is C12H22N4O3S. The van der Waals surface area contributed by atoms with Gasteiger partial charge in [-0.2, -0.15) is 17.4 Å². The quantitative estimate of drug-likeness (QED) is 0.784. The van der Waals surface area contributed by atoms with Crippen molar-refractivity contribution in [1.29, 1.82) is 0 Å². The number of nitrogens with zero attached hydrogens (tertiary/aromatic N) is 2. The molecule has 1 aromatic rings. The van der Waals surface area contributed by atoms with Gasteiger partial charge in [-0.15, -0.1) is 0 Å². The normalized spacial score (nSPS) is 21.2. The Kier molecular flexibility index (Phi) is 5.14. The molecule has 0 radical (unpaired) electrons. The van der Waals surface area contributed by atoms with Crippen molar-refractivity contribution in [3.8, 4) is 0 Å². The van der Waals surface area contributed by atoms with E-state index in [1.54, 1.807) is 6.20 Å². The van der Waals surface area contributed by atoms with Gasteiger partial charge in [0.2, 0.25) is 5.89 Å². The average Bonchev–Trinajstić information content (AvgIpc) is 2.93. The largest absolute Gasteiger partial charge is 0.444 e. The van der Waals surface area contributed by atoms with Crippen molar-refractivity contribution in [2.24, 2.45) is 11.7 Å². The van der Waals surface area contributed by atoms with Crippen LogP contribution >= 0.6 is 0 Å². The van der Waals surface area contributed by atoms with Crippen molar-refractivity contribution >= 4 is 10.2 Å². The number of piperidine rings is 1. The molecule has 114 valence electrons. The Balaban J connectivity index is 1.93. The van der Waals surface area contributed by atoms with E-state index >= 15 is 0 Å². The number of aromatic nitrogens is 1. The molecule has 3 N–H and O–H groups in total. The predicted molar refractivity (Wildman–Crippen MR) is 75.0 cm³/mol. The summed E-state index contributed by atoms with van der Waals surface area (Å²) in [7, 11) is -3.49.